The van der Waals surface area contributed by atoms with E-state index in [1.807, 2.05) is 0 Å². The van der Waals surface area contributed by atoms with Gasteiger partial charge in [-0.05, 0) is 19.2 Å². The summed E-state index contributed by atoms with van der Waals surface area (Å²) in [4.78, 5) is 25.2. The van der Waals surface area contributed by atoms with Crippen molar-refractivity contribution in [3.05, 3.63) is 56.9 Å². The van der Waals surface area contributed by atoms with E-state index in [0.717, 1.165) is 18.5 Å². The molecule has 0 saturated carbocycles. The van der Waals surface area contributed by atoms with Gasteiger partial charge in [-0.3, -0.25) is 19.8 Å². The maximum absolute atomic E-state index is 13.3. The van der Waals surface area contributed by atoms with Crippen molar-refractivity contribution in [1.29, 1.82) is 0 Å². The molecule has 0 amide bonds. The van der Waals surface area contributed by atoms with Gasteiger partial charge in [0.15, 0.2) is 5.75 Å². The first-order chi connectivity index (χ1) is 14.3. The molecule has 0 aliphatic carbocycles. The van der Waals surface area contributed by atoms with E-state index >= 15 is 0 Å². The van der Waals surface area contributed by atoms with Crippen LogP contribution in [0.15, 0.2) is 50.7 Å². The number of H-pyrrole nitrogens is 1. The first-order valence-electron chi connectivity index (χ1n) is 8.59. The quantitative estimate of drug-likeness (QED) is 0.582. The van der Waals surface area contributed by atoms with E-state index in [-0.39, 0.29) is 17.5 Å². The highest BCUT2D eigenvalue weighted by atomic mass is 35.5. The van der Waals surface area contributed by atoms with Gasteiger partial charge < -0.3 is 9.64 Å². The number of aliphatic imine (C=N–C) groups is 2. The molecule has 1 N–H and O–H groups in total. The fourth-order valence-corrected chi connectivity index (χ4v) is 3.17. The van der Waals surface area contributed by atoms with E-state index in [1.165, 1.54) is 13.2 Å². The highest BCUT2D eigenvalue weighted by molar-refractivity contribution is 6.33. The molecule has 1 aliphatic heterocycles. The van der Waals surface area contributed by atoms with Crippen molar-refractivity contribution in [1.82, 2.24) is 15.2 Å². The summed E-state index contributed by atoms with van der Waals surface area (Å²) in [5.41, 5.74) is -0.174. The van der Waals surface area contributed by atoms with Crippen LogP contribution >= 0.6 is 11.6 Å². The topological polar surface area (TPSA) is 95.8 Å². The predicted molar refractivity (Wildman–Crippen MR) is 106 cm³/mol. The van der Waals surface area contributed by atoms with E-state index in [0.29, 0.717) is 29.9 Å². The summed E-state index contributed by atoms with van der Waals surface area (Å²) in [5.74, 6) is -0.489. The Kier molecular flexibility index (Phi) is 6.20. The lowest BCUT2D eigenvalue weighted by Crippen LogP contribution is -2.35. The first-order valence-corrected chi connectivity index (χ1v) is 8.97. The van der Waals surface area contributed by atoms with Crippen molar-refractivity contribution in [3.63, 3.8) is 0 Å². The summed E-state index contributed by atoms with van der Waals surface area (Å²) < 4.78 is 45.3. The number of rotatable bonds is 4. The lowest BCUT2D eigenvalue weighted by atomic mass is 10.0. The van der Waals surface area contributed by atoms with Crippen LogP contribution < -0.4 is 15.2 Å². The fourth-order valence-electron chi connectivity index (χ4n) is 2.96. The molecule has 0 aromatic carbocycles. The van der Waals surface area contributed by atoms with E-state index in [4.69, 9.17) is 16.3 Å². The van der Waals surface area contributed by atoms with Crippen molar-refractivity contribution in [2.75, 3.05) is 25.0 Å². The molecule has 1 aliphatic rings. The Morgan fingerprint density at radius 2 is 2.17 bits per heavy atom. The Morgan fingerprint density at radius 1 is 1.40 bits per heavy atom. The van der Waals surface area contributed by atoms with Gasteiger partial charge in [0.1, 0.15) is 10.6 Å². The van der Waals surface area contributed by atoms with E-state index in [1.54, 1.807) is 4.90 Å². The minimum absolute atomic E-state index is 0.0225. The number of hydrogen-bond donors (Lipinski definition) is 1. The van der Waals surface area contributed by atoms with Gasteiger partial charge in [-0.1, -0.05) is 11.6 Å². The molecule has 158 valence electrons. The molecule has 2 aromatic rings. The Hall–Kier alpha value is -3.21. The third kappa shape index (κ3) is 4.35. The molecule has 0 bridgehead atoms. The van der Waals surface area contributed by atoms with Gasteiger partial charge in [0.05, 0.1) is 30.3 Å². The number of hydrogen-bond acceptors (Lipinski definition) is 7. The van der Waals surface area contributed by atoms with Crippen LogP contribution in [0, 0.1) is 0 Å². The summed E-state index contributed by atoms with van der Waals surface area (Å²) in [5, 5.41) is 5.95. The summed E-state index contributed by atoms with van der Waals surface area (Å²) >= 11 is 6.06. The van der Waals surface area contributed by atoms with Gasteiger partial charge in [-0.15, -0.1) is 0 Å². The molecule has 8 nitrogen and oxygen atoms in total. The number of nitrogens with zero attached hydrogens (tertiary/aromatic N) is 5. The molecule has 30 heavy (non-hydrogen) atoms. The number of aromatic nitrogens is 3. The monoisotopic (exact) mass is 440 g/mol. The Bertz CT molecular complexity index is 1080. The molecule has 3 rings (SSSR count). The number of anilines is 1. The Labute approximate surface area is 173 Å². The van der Waals surface area contributed by atoms with Crippen molar-refractivity contribution in [3.8, 4) is 5.75 Å². The molecule has 0 atom stereocenters. The molecular formula is C18H16ClF3N6O2. The van der Waals surface area contributed by atoms with Crippen LogP contribution in [-0.4, -0.2) is 47.9 Å². The highest BCUT2D eigenvalue weighted by Gasteiger charge is 2.35. The second-order valence-electron chi connectivity index (χ2n) is 6.15. The molecule has 0 spiro atoms. The Morgan fingerprint density at radius 3 is 2.83 bits per heavy atom. The summed E-state index contributed by atoms with van der Waals surface area (Å²) in [7, 11) is 1.40. The minimum Gasteiger partial charge on any atom is -0.437 e. The number of pyridine rings is 1. The SMILES string of the molecule is C=NC1=C(C(=NC)Oc2cnccc2C(F)(F)F)CCN(c2cn[nH]c(=O)c2Cl)C1. The second kappa shape index (κ2) is 8.66. The third-order valence-corrected chi connectivity index (χ3v) is 4.75. The van der Waals surface area contributed by atoms with Crippen molar-refractivity contribution >= 4 is 29.9 Å². The van der Waals surface area contributed by atoms with Crippen LogP contribution in [0.25, 0.3) is 0 Å². The molecule has 0 unspecified atom stereocenters. The number of ether oxygens (including phenoxy) is 1. The maximum atomic E-state index is 13.3. The fraction of sp³-hybridized carbons (Fsp3) is 0.278. The maximum Gasteiger partial charge on any atom is 0.420 e. The van der Waals surface area contributed by atoms with Gasteiger partial charge in [0.2, 0.25) is 5.90 Å². The number of alkyl halides is 3. The zero-order chi connectivity index (χ0) is 21.9. The summed E-state index contributed by atoms with van der Waals surface area (Å²) in [6.07, 6.45) is -0.880. The lowest BCUT2D eigenvalue weighted by molar-refractivity contribution is -0.138. The number of aromatic amines is 1. The number of halogens is 4. The van der Waals surface area contributed by atoms with Crippen molar-refractivity contribution in [2.45, 2.75) is 12.6 Å². The van der Waals surface area contributed by atoms with E-state index < -0.39 is 23.0 Å². The van der Waals surface area contributed by atoms with Crippen LogP contribution in [0.4, 0.5) is 18.9 Å². The van der Waals surface area contributed by atoms with Gasteiger partial charge in [-0.2, -0.15) is 18.3 Å². The largest absolute Gasteiger partial charge is 0.437 e. The Balaban J connectivity index is 1.92. The molecule has 0 fully saturated rings. The average molecular weight is 441 g/mol. The second-order valence-corrected chi connectivity index (χ2v) is 6.53. The molecule has 12 heteroatoms. The molecule has 0 saturated heterocycles. The predicted octanol–water partition coefficient (Wildman–Crippen LogP) is 3.11. The van der Waals surface area contributed by atoms with Gasteiger partial charge in [0, 0.05) is 25.4 Å². The first kappa shape index (κ1) is 21.5. The van der Waals surface area contributed by atoms with Gasteiger partial charge in [0.25, 0.3) is 5.56 Å². The molecule has 3 heterocycles. The number of nitrogens with one attached hydrogen (secondary N) is 1. The zero-order valence-corrected chi connectivity index (χ0v) is 16.5. The lowest BCUT2D eigenvalue weighted by Gasteiger charge is -2.31. The normalized spacial score (nSPS) is 15.4. The van der Waals surface area contributed by atoms with Gasteiger partial charge in [-0.25, -0.2) is 5.10 Å². The molecule has 2 aromatic heterocycles. The summed E-state index contributed by atoms with van der Waals surface area (Å²) in [6.45, 7) is 4.09. The van der Waals surface area contributed by atoms with Crippen LogP contribution in [-0.2, 0) is 6.18 Å². The van der Waals surface area contributed by atoms with Crippen molar-refractivity contribution in [2.24, 2.45) is 9.98 Å². The van der Waals surface area contributed by atoms with Crippen LogP contribution in [0.2, 0.25) is 5.02 Å². The molecular weight excluding hydrogens is 425 g/mol. The third-order valence-electron chi connectivity index (χ3n) is 4.39. The van der Waals surface area contributed by atoms with E-state index in [9.17, 15) is 18.0 Å². The van der Waals surface area contributed by atoms with Gasteiger partial charge >= 0.3 is 6.18 Å². The average Bonchev–Trinajstić information content (AvgIpc) is 2.73. The van der Waals surface area contributed by atoms with Crippen molar-refractivity contribution < 1.29 is 17.9 Å². The zero-order valence-electron chi connectivity index (χ0n) is 15.7. The minimum atomic E-state index is -4.61. The smallest absolute Gasteiger partial charge is 0.420 e. The van der Waals surface area contributed by atoms with Crippen LogP contribution in [0.5, 0.6) is 5.75 Å². The summed E-state index contributed by atoms with van der Waals surface area (Å²) in [6, 6.07) is 0.828. The highest BCUT2D eigenvalue weighted by Crippen LogP contribution is 2.36. The van der Waals surface area contributed by atoms with Crippen LogP contribution in [0.1, 0.15) is 12.0 Å². The standard InChI is InChI=1S/C18H16ClF3N6O2/c1-23-12-9-28(13-7-26-27-16(29)15(13)19)6-4-10(12)17(24-2)30-14-8-25-5-3-11(14)18(20,21)22/h3,5,7-8H,1,4,6,9H2,2H3,(H,27,29). The molecule has 0 radical (unpaired) electrons. The van der Waals surface area contributed by atoms with E-state index in [2.05, 4.69) is 31.9 Å². The van der Waals surface area contributed by atoms with Crippen LogP contribution in [0.3, 0.4) is 0 Å².